The number of carboxylic acid groups (broad SMARTS) is 1. The molecule has 0 fully saturated rings. The maximum atomic E-state index is 12.0. The number of amides is 1. The molecular weight excluding hydrogens is 314 g/mol. The Morgan fingerprint density at radius 2 is 1.68 bits per heavy atom. The Balaban J connectivity index is 1.97. The van der Waals surface area contributed by atoms with E-state index in [1.165, 1.54) is 11.6 Å². The molecule has 2 aromatic rings. The zero-order chi connectivity index (χ0) is 18.2. The Kier molecular flexibility index (Phi) is 6.52. The predicted octanol–water partition coefficient (Wildman–Crippen LogP) is 3.64. The van der Waals surface area contributed by atoms with E-state index >= 15 is 0 Å². The molecule has 4 heteroatoms. The van der Waals surface area contributed by atoms with Crippen molar-refractivity contribution in [2.45, 2.75) is 32.2 Å². The van der Waals surface area contributed by atoms with Crippen molar-refractivity contribution in [3.8, 4) is 0 Å². The van der Waals surface area contributed by atoms with E-state index in [0.717, 1.165) is 11.1 Å². The number of aliphatic carboxylic acids is 1. The molecule has 0 aliphatic rings. The number of hydrogen-bond acceptors (Lipinski definition) is 2. The highest BCUT2D eigenvalue weighted by atomic mass is 16.4. The lowest BCUT2D eigenvalue weighted by atomic mass is 10.0. The highest BCUT2D eigenvalue weighted by Gasteiger charge is 2.19. The Hall–Kier alpha value is -2.88. The SMILES string of the molecule is CC(C)c1ccc(/C=C/C(=O)N[C@@H](Cc2ccccc2)C(=O)O)cc1. The van der Waals surface area contributed by atoms with Gasteiger partial charge in [-0.1, -0.05) is 68.4 Å². The lowest BCUT2D eigenvalue weighted by Crippen LogP contribution is -2.41. The molecule has 0 saturated heterocycles. The van der Waals surface area contributed by atoms with Gasteiger partial charge >= 0.3 is 5.97 Å². The molecule has 0 heterocycles. The fourth-order valence-corrected chi connectivity index (χ4v) is 2.43. The van der Waals surface area contributed by atoms with Gasteiger partial charge in [0.1, 0.15) is 6.04 Å². The van der Waals surface area contributed by atoms with Crippen molar-refractivity contribution in [3.05, 3.63) is 77.4 Å². The van der Waals surface area contributed by atoms with Crippen LogP contribution in [0.15, 0.2) is 60.7 Å². The molecule has 2 rings (SSSR count). The first-order chi connectivity index (χ1) is 12.0. The normalized spacial score (nSPS) is 12.3. The summed E-state index contributed by atoms with van der Waals surface area (Å²) in [5.74, 6) is -1.02. The van der Waals surface area contributed by atoms with E-state index in [9.17, 15) is 14.7 Å². The molecule has 130 valence electrons. The summed E-state index contributed by atoms with van der Waals surface area (Å²) in [7, 11) is 0. The molecule has 0 aliphatic heterocycles. The minimum atomic E-state index is -1.05. The molecule has 0 aromatic heterocycles. The quantitative estimate of drug-likeness (QED) is 0.758. The van der Waals surface area contributed by atoms with Gasteiger partial charge in [0.05, 0.1) is 0 Å². The average Bonchev–Trinajstić information content (AvgIpc) is 2.60. The standard InChI is InChI=1S/C21H23NO3/c1-15(2)18-11-8-16(9-12-18)10-13-20(23)22-19(21(24)25)14-17-6-4-3-5-7-17/h3-13,15,19H,14H2,1-2H3,(H,22,23)(H,24,25)/b13-10+/t19-/m0/s1. The van der Waals surface area contributed by atoms with Crippen molar-refractivity contribution in [2.24, 2.45) is 0 Å². The second-order valence-corrected chi connectivity index (χ2v) is 6.24. The minimum Gasteiger partial charge on any atom is -0.480 e. The summed E-state index contributed by atoms with van der Waals surface area (Å²) < 4.78 is 0. The van der Waals surface area contributed by atoms with Crippen molar-refractivity contribution < 1.29 is 14.7 Å². The average molecular weight is 337 g/mol. The number of carboxylic acids is 1. The molecule has 2 N–H and O–H groups in total. The Labute approximate surface area is 148 Å². The van der Waals surface area contributed by atoms with Crippen LogP contribution in [0.3, 0.4) is 0 Å². The van der Waals surface area contributed by atoms with Gasteiger partial charge in [-0.2, -0.15) is 0 Å². The molecule has 1 atom stereocenters. The zero-order valence-electron chi connectivity index (χ0n) is 14.5. The minimum absolute atomic E-state index is 0.249. The summed E-state index contributed by atoms with van der Waals surface area (Å²) in [5.41, 5.74) is 2.99. The van der Waals surface area contributed by atoms with Crippen molar-refractivity contribution in [2.75, 3.05) is 0 Å². The van der Waals surface area contributed by atoms with E-state index in [1.807, 2.05) is 54.6 Å². The highest BCUT2D eigenvalue weighted by Crippen LogP contribution is 2.15. The van der Waals surface area contributed by atoms with Crippen LogP contribution in [0, 0.1) is 0 Å². The van der Waals surface area contributed by atoms with Crippen molar-refractivity contribution >= 4 is 18.0 Å². The largest absolute Gasteiger partial charge is 0.480 e. The number of benzene rings is 2. The molecule has 0 radical (unpaired) electrons. The fourth-order valence-electron chi connectivity index (χ4n) is 2.43. The molecule has 4 nitrogen and oxygen atoms in total. The maximum absolute atomic E-state index is 12.0. The van der Waals surface area contributed by atoms with Gasteiger partial charge in [0.2, 0.25) is 5.91 Å². The van der Waals surface area contributed by atoms with Gasteiger partial charge in [0.15, 0.2) is 0 Å². The first-order valence-electron chi connectivity index (χ1n) is 8.31. The van der Waals surface area contributed by atoms with Crippen LogP contribution in [-0.2, 0) is 16.0 Å². The van der Waals surface area contributed by atoms with Crippen LogP contribution in [0.1, 0.15) is 36.5 Å². The summed E-state index contributed by atoms with van der Waals surface area (Å²) >= 11 is 0. The Morgan fingerprint density at radius 1 is 1.04 bits per heavy atom. The van der Waals surface area contributed by atoms with E-state index in [0.29, 0.717) is 5.92 Å². The van der Waals surface area contributed by atoms with Crippen molar-refractivity contribution in [1.82, 2.24) is 5.32 Å². The summed E-state index contributed by atoms with van der Waals surface area (Å²) in [4.78, 5) is 23.4. The van der Waals surface area contributed by atoms with E-state index in [4.69, 9.17) is 0 Å². The van der Waals surface area contributed by atoms with E-state index in [2.05, 4.69) is 19.2 Å². The van der Waals surface area contributed by atoms with Crippen LogP contribution in [0.4, 0.5) is 0 Å². The van der Waals surface area contributed by atoms with Gasteiger partial charge in [-0.15, -0.1) is 0 Å². The summed E-state index contributed by atoms with van der Waals surface area (Å²) in [6, 6.07) is 16.2. The fraction of sp³-hybridized carbons (Fsp3) is 0.238. The van der Waals surface area contributed by atoms with Crippen LogP contribution in [0.25, 0.3) is 6.08 Å². The molecule has 0 saturated carbocycles. The first-order valence-corrected chi connectivity index (χ1v) is 8.31. The molecule has 1 amide bonds. The monoisotopic (exact) mass is 337 g/mol. The van der Waals surface area contributed by atoms with Gasteiger partial charge in [0, 0.05) is 12.5 Å². The number of nitrogens with one attached hydrogen (secondary N) is 1. The van der Waals surface area contributed by atoms with E-state index < -0.39 is 17.9 Å². The molecule has 0 aliphatic carbocycles. The van der Waals surface area contributed by atoms with E-state index in [-0.39, 0.29) is 6.42 Å². The van der Waals surface area contributed by atoms with Gasteiger partial charge in [-0.05, 0) is 28.7 Å². The Morgan fingerprint density at radius 3 is 2.24 bits per heavy atom. The zero-order valence-corrected chi connectivity index (χ0v) is 14.5. The molecular formula is C21H23NO3. The van der Waals surface area contributed by atoms with Crippen LogP contribution in [0.2, 0.25) is 0 Å². The molecule has 0 bridgehead atoms. The van der Waals surface area contributed by atoms with Crippen LogP contribution in [-0.4, -0.2) is 23.0 Å². The molecule has 25 heavy (non-hydrogen) atoms. The van der Waals surface area contributed by atoms with Gasteiger partial charge in [-0.3, -0.25) is 4.79 Å². The van der Waals surface area contributed by atoms with Crippen molar-refractivity contribution in [3.63, 3.8) is 0 Å². The molecule has 0 unspecified atom stereocenters. The third-order valence-corrected chi connectivity index (χ3v) is 3.93. The number of carbonyl (C=O) groups is 2. The second kappa shape index (κ2) is 8.83. The maximum Gasteiger partial charge on any atom is 0.326 e. The van der Waals surface area contributed by atoms with Crippen molar-refractivity contribution in [1.29, 1.82) is 0 Å². The van der Waals surface area contributed by atoms with Gasteiger partial charge in [0.25, 0.3) is 0 Å². The van der Waals surface area contributed by atoms with Crippen LogP contribution >= 0.6 is 0 Å². The lowest BCUT2D eigenvalue weighted by Gasteiger charge is -2.13. The number of carbonyl (C=O) groups excluding carboxylic acids is 1. The van der Waals surface area contributed by atoms with Crippen LogP contribution in [0.5, 0.6) is 0 Å². The van der Waals surface area contributed by atoms with E-state index in [1.54, 1.807) is 6.08 Å². The van der Waals surface area contributed by atoms with Crippen LogP contribution < -0.4 is 5.32 Å². The summed E-state index contributed by atoms with van der Waals surface area (Å²) in [6.07, 6.45) is 3.30. The third-order valence-electron chi connectivity index (χ3n) is 3.93. The highest BCUT2D eigenvalue weighted by molar-refractivity contribution is 5.94. The number of rotatable bonds is 7. The summed E-state index contributed by atoms with van der Waals surface area (Å²) in [5, 5.41) is 11.9. The lowest BCUT2D eigenvalue weighted by molar-refractivity contribution is -0.141. The Bertz CT molecular complexity index is 733. The molecule has 2 aromatic carbocycles. The second-order valence-electron chi connectivity index (χ2n) is 6.24. The van der Waals surface area contributed by atoms with Gasteiger partial charge < -0.3 is 10.4 Å². The smallest absolute Gasteiger partial charge is 0.326 e. The third kappa shape index (κ3) is 5.92. The van der Waals surface area contributed by atoms with Gasteiger partial charge in [-0.25, -0.2) is 4.79 Å². The molecule has 0 spiro atoms. The first kappa shape index (κ1) is 18.5. The number of hydrogen-bond donors (Lipinski definition) is 2. The topological polar surface area (TPSA) is 66.4 Å². The summed E-state index contributed by atoms with van der Waals surface area (Å²) in [6.45, 7) is 4.24. The predicted molar refractivity (Wildman–Crippen MR) is 99.3 cm³/mol.